The number of nitrogens with zero attached hydrogens (tertiary/aromatic N) is 4. The Bertz CT molecular complexity index is 4280. The lowest BCUT2D eigenvalue weighted by Crippen LogP contribution is -2.38. The van der Waals surface area contributed by atoms with Crippen LogP contribution in [0.15, 0.2) is 264 Å². The van der Waals surface area contributed by atoms with Crippen LogP contribution in [0.5, 0.6) is 0 Å². The summed E-state index contributed by atoms with van der Waals surface area (Å²) < 4.78 is 0. The summed E-state index contributed by atoms with van der Waals surface area (Å²) in [7, 11) is -6.21. The second kappa shape index (κ2) is 22.3. The van der Waals surface area contributed by atoms with Crippen molar-refractivity contribution in [2.75, 3.05) is 9.80 Å². The van der Waals surface area contributed by atoms with E-state index >= 15 is 0 Å². The molecule has 0 fully saturated rings. The summed E-state index contributed by atoms with van der Waals surface area (Å²) >= 11 is 0. The van der Waals surface area contributed by atoms with E-state index in [1.54, 1.807) is 0 Å². The van der Waals surface area contributed by atoms with Gasteiger partial charge in [-0.15, -0.1) is 0 Å². The van der Waals surface area contributed by atoms with Gasteiger partial charge in [-0.05, 0) is 128 Å². The zero-order valence-corrected chi connectivity index (χ0v) is 55.9. The van der Waals surface area contributed by atoms with Crippen LogP contribution in [0.2, 0.25) is 78.6 Å². The fourth-order valence-electron chi connectivity index (χ4n) is 12.7. The van der Waals surface area contributed by atoms with E-state index in [0.29, 0.717) is 11.3 Å². The second-order valence-corrected chi connectivity index (χ2v) is 48.0. The Kier molecular flexibility index (Phi) is 15.0. The number of hydrogen-bond donors (Lipinski definition) is 0. The Balaban J connectivity index is 1.02. The fourth-order valence-corrected chi connectivity index (χ4v) is 17.3. The van der Waals surface area contributed by atoms with Crippen LogP contribution in [0.25, 0.3) is 49.4 Å². The maximum Gasteiger partial charge on any atom is 0.187 e. The Hall–Kier alpha value is -8.61. The molecule has 8 aromatic carbocycles. The lowest BCUT2D eigenvalue weighted by atomic mass is 9.67. The number of nitriles is 1. The van der Waals surface area contributed by atoms with Crippen LogP contribution in [-0.4, -0.2) is 38.3 Å². The normalized spacial score (nSPS) is 16.3. The standard InChI is InChI=1S/C78H76N4Si4/c1-80-62-30-34-64(35-31-62)82(76-49-29-61(55-18-38-66(39-19-55)84(5,6)7)51-72(76)57-22-42-68(43-23-57)86(11,12)13)74-47-27-59-24-44-69-73(46-26-58-25-45-70(74)78(59)77(58)69)81(63-32-14-53(52-79)15-33-63)75-48-28-60(54-16-36-65(37-17-54)83(2,3)4)50-71(75)56-20-40-67(41-21-56)85(8,9)10/h14-51,73,78H,2-13H3. The lowest BCUT2D eigenvalue weighted by molar-refractivity contribution is 0.773. The molecule has 0 aliphatic heterocycles. The summed E-state index contributed by atoms with van der Waals surface area (Å²) in [5.74, 6) is -0.0611. The van der Waals surface area contributed by atoms with Crippen molar-refractivity contribution in [3.63, 3.8) is 0 Å². The summed E-state index contributed by atoms with van der Waals surface area (Å²) in [6, 6.07) is 69.8. The maximum absolute atomic E-state index is 10.1. The third-order valence-corrected chi connectivity index (χ3v) is 26.0. The van der Waals surface area contributed by atoms with Gasteiger partial charge >= 0.3 is 0 Å². The molecule has 2 unspecified atom stereocenters. The van der Waals surface area contributed by atoms with Gasteiger partial charge < -0.3 is 9.80 Å². The molecule has 0 N–H and O–H groups in total. The number of anilines is 4. The zero-order chi connectivity index (χ0) is 60.5. The van der Waals surface area contributed by atoms with Crippen molar-refractivity contribution in [3.8, 4) is 50.6 Å². The smallest absolute Gasteiger partial charge is 0.187 e. The molecule has 0 bridgehead atoms. The number of benzene rings is 8. The van der Waals surface area contributed by atoms with E-state index in [0.717, 1.165) is 50.7 Å². The van der Waals surface area contributed by atoms with Crippen LogP contribution in [0, 0.1) is 23.8 Å². The number of rotatable bonds is 14. The second-order valence-electron chi connectivity index (χ2n) is 27.7. The van der Waals surface area contributed by atoms with Crippen molar-refractivity contribution in [1.82, 2.24) is 0 Å². The first-order valence-corrected chi connectivity index (χ1v) is 44.3. The van der Waals surface area contributed by atoms with Gasteiger partial charge in [0.25, 0.3) is 0 Å². The highest BCUT2D eigenvalue weighted by Gasteiger charge is 2.41. The van der Waals surface area contributed by atoms with E-state index < -0.39 is 32.3 Å². The summed E-state index contributed by atoms with van der Waals surface area (Å²) in [5, 5.41) is 15.9. The van der Waals surface area contributed by atoms with Gasteiger partial charge in [-0.3, -0.25) is 0 Å². The van der Waals surface area contributed by atoms with Gasteiger partial charge in [0.15, 0.2) is 5.69 Å². The van der Waals surface area contributed by atoms with Crippen LogP contribution in [0.4, 0.5) is 28.4 Å². The van der Waals surface area contributed by atoms with Crippen LogP contribution >= 0.6 is 0 Å². The van der Waals surface area contributed by atoms with E-state index in [1.165, 1.54) is 70.9 Å². The molecule has 8 heteroatoms. The topological polar surface area (TPSA) is 34.6 Å². The quantitative estimate of drug-likeness (QED) is 0.0804. The molecule has 424 valence electrons. The van der Waals surface area contributed by atoms with Gasteiger partial charge in [-0.1, -0.05) is 263 Å². The zero-order valence-electron chi connectivity index (χ0n) is 51.9. The monoisotopic (exact) mass is 1180 g/mol. The first kappa shape index (κ1) is 57.8. The molecule has 12 rings (SSSR count). The molecule has 86 heavy (non-hydrogen) atoms. The summed E-state index contributed by atoms with van der Waals surface area (Å²) in [6.45, 7) is 36.9. The minimum Gasteiger partial charge on any atom is -0.330 e. The van der Waals surface area contributed by atoms with Gasteiger partial charge in [0.05, 0.1) is 67.9 Å². The number of allylic oxidation sites excluding steroid dienone is 10. The van der Waals surface area contributed by atoms with E-state index in [1.807, 2.05) is 24.3 Å². The molecule has 2 atom stereocenters. The molecule has 0 spiro atoms. The first-order chi connectivity index (χ1) is 41.0. The lowest BCUT2D eigenvalue weighted by Gasteiger charge is -2.44. The van der Waals surface area contributed by atoms with Crippen molar-refractivity contribution in [2.24, 2.45) is 5.92 Å². The summed E-state index contributed by atoms with van der Waals surface area (Å²) in [4.78, 5) is 8.81. The molecule has 0 amide bonds. The number of hydrogen-bond acceptors (Lipinski definition) is 3. The highest BCUT2D eigenvalue weighted by Crippen LogP contribution is 2.53. The maximum atomic E-state index is 10.1. The average Bonchev–Trinajstić information content (AvgIpc) is 0.766. The van der Waals surface area contributed by atoms with Crippen molar-refractivity contribution >= 4 is 81.5 Å². The van der Waals surface area contributed by atoms with E-state index in [9.17, 15) is 5.26 Å². The first-order valence-electron chi connectivity index (χ1n) is 30.3. The van der Waals surface area contributed by atoms with Crippen molar-refractivity contribution in [1.29, 1.82) is 5.26 Å². The Morgan fingerprint density at radius 3 is 1.37 bits per heavy atom. The average molecular weight is 1180 g/mol. The fraction of sp³-hybridized carbons (Fsp3) is 0.179. The van der Waals surface area contributed by atoms with Gasteiger partial charge in [-0.2, -0.15) is 5.26 Å². The molecule has 4 nitrogen and oxygen atoms in total. The third kappa shape index (κ3) is 11.2. The van der Waals surface area contributed by atoms with Gasteiger partial charge in [0.2, 0.25) is 0 Å². The Morgan fingerprint density at radius 2 is 0.895 bits per heavy atom. The van der Waals surface area contributed by atoms with E-state index in [2.05, 4.69) is 306 Å². The van der Waals surface area contributed by atoms with Crippen molar-refractivity contribution < 1.29 is 0 Å². The minimum absolute atomic E-state index is 0.0611. The van der Waals surface area contributed by atoms with Crippen LogP contribution < -0.4 is 30.5 Å². The predicted octanol–water partition coefficient (Wildman–Crippen LogP) is 19.0. The molecule has 4 aliphatic carbocycles. The molecule has 0 saturated heterocycles. The third-order valence-electron chi connectivity index (χ3n) is 17.8. The largest absolute Gasteiger partial charge is 0.330 e. The van der Waals surface area contributed by atoms with Gasteiger partial charge in [0, 0.05) is 34.1 Å². The Morgan fingerprint density at radius 1 is 0.442 bits per heavy atom. The molecule has 0 saturated carbocycles. The molecular formula is C78H76N4Si4. The molecule has 8 aromatic rings. The molecule has 0 radical (unpaired) electrons. The highest BCUT2D eigenvalue weighted by atomic mass is 28.3. The Labute approximate surface area is 515 Å². The summed E-state index contributed by atoms with van der Waals surface area (Å²) in [6.07, 6.45) is 18.8. The van der Waals surface area contributed by atoms with Crippen molar-refractivity contribution in [2.45, 2.75) is 84.6 Å². The van der Waals surface area contributed by atoms with Gasteiger partial charge in [0.1, 0.15) is 0 Å². The highest BCUT2D eigenvalue weighted by molar-refractivity contribution is 6.90. The SMILES string of the molecule is [C-]#[N+]c1ccc(N(C2=C3C=CC4=C5C(=CC=C(C=C2)C35)C(N(c2ccc(C#N)cc2)c2ccc(-c3ccc([Si](C)(C)C)cc3)cc2-c2ccc([Si](C)(C)C)cc2)C=C4)c2ccc(-c3ccc([Si](C)(C)C)cc3)cc2-c2ccc([Si](C)(C)C)cc2)cc1. The van der Waals surface area contributed by atoms with Crippen LogP contribution in [-0.2, 0) is 0 Å². The van der Waals surface area contributed by atoms with Crippen molar-refractivity contribution in [3.05, 3.63) is 281 Å². The molecule has 4 aliphatic rings. The predicted molar refractivity (Wildman–Crippen MR) is 380 cm³/mol. The van der Waals surface area contributed by atoms with E-state index in [-0.39, 0.29) is 12.0 Å². The molecular weight excluding hydrogens is 1110 g/mol. The minimum atomic E-state index is -1.60. The molecule has 0 heterocycles. The van der Waals surface area contributed by atoms with Crippen LogP contribution in [0.1, 0.15) is 5.56 Å². The molecule has 0 aromatic heterocycles. The summed E-state index contributed by atoms with van der Waals surface area (Å²) in [5.41, 5.74) is 22.0. The van der Waals surface area contributed by atoms with Gasteiger partial charge in [-0.25, -0.2) is 4.85 Å². The van der Waals surface area contributed by atoms with E-state index in [4.69, 9.17) is 6.57 Å². The van der Waals surface area contributed by atoms with Crippen LogP contribution in [0.3, 0.4) is 0 Å².